The molecule has 0 saturated heterocycles. The zero-order chi connectivity index (χ0) is 21.8. The van der Waals surface area contributed by atoms with Crippen LogP contribution in [-0.4, -0.2) is 44.7 Å². The largest absolute Gasteiger partial charge is 0.383 e. The Hall–Kier alpha value is -4.20. The second kappa shape index (κ2) is 8.66. The van der Waals surface area contributed by atoms with Crippen LogP contribution < -0.4 is 11.5 Å². The van der Waals surface area contributed by atoms with E-state index < -0.39 is 0 Å². The number of nitrogens with two attached hydrogens (primary N) is 2. The molecule has 0 fully saturated rings. The lowest BCUT2D eigenvalue weighted by Crippen LogP contribution is -2.13. The summed E-state index contributed by atoms with van der Waals surface area (Å²) < 4.78 is 0. The fourth-order valence-corrected chi connectivity index (χ4v) is 3.28. The third-order valence-corrected chi connectivity index (χ3v) is 4.77. The van der Waals surface area contributed by atoms with Gasteiger partial charge in [-0.1, -0.05) is 12.2 Å². The van der Waals surface area contributed by atoms with Gasteiger partial charge in [0.1, 0.15) is 23.3 Å². The molecule has 156 valence electrons. The minimum atomic E-state index is 0.474. The Labute approximate surface area is 179 Å². The topological polar surface area (TPSA) is 134 Å². The minimum Gasteiger partial charge on any atom is -0.383 e. The number of benzene rings is 2. The lowest BCUT2D eigenvalue weighted by Gasteiger charge is -1.99. The highest BCUT2D eigenvalue weighted by atomic mass is 15.0. The molecule has 2 aromatic carbocycles. The number of aliphatic imine (C=N–C) groups is 2. The Morgan fingerprint density at radius 1 is 0.806 bits per heavy atom. The molecule has 4 aromatic rings. The minimum absolute atomic E-state index is 0.474. The fourth-order valence-electron chi connectivity index (χ4n) is 3.28. The van der Waals surface area contributed by atoms with Crippen LogP contribution in [-0.2, 0) is 6.42 Å². The van der Waals surface area contributed by atoms with Crippen LogP contribution in [0.1, 0.15) is 22.8 Å². The van der Waals surface area contributed by atoms with Crippen LogP contribution in [0, 0.1) is 0 Å². The van der Waals surface area contributed by atoms with Gasteiger partial charge in [0.15, 0.2) is 0 Å². The predicted octanol–water partition coefficient (Wildman–Crippen LogP) is 2.81. The maximum atomic E-state index is 6.04. The van der Waals surface area contributed by atoms with Crippen molar-refractivity contribution in [2.24, 2.45) is 21.5 Å². The first-order valence-electron chi connectivity index (χ1n) is 9.87. The lowest BCUT2D eigenvalue weighted by molar-refractivity contribution is 0.960. The molecule has 31 heavy (non-hydrogen) atoms. The number of aromatic nitrogens is 4. The van der Waals surface area contributed by atoms with Crippen LogP contribution in [0.5, 0.6) is 0 Å². The molecule has 0 amide bonds. The normalized spacial score (nSPS) is 12.5. The Morgan fingerprint density at radius 3 is 1.68 bits per heavy atom. The van der Waals surface area contributed by atoms with Gasteiger partial charge in [0, 0.05) is 11.1 Å². The first-order chi connectivity index (χ1) is 15.1. The monoisotopic (exact) mass is 412 g/mol. The molecule has 2 aromatic heterocycles. The van der Waals surface area contributed by atoms with Gasteiger partial charge in [-0.15, -0.1) is 13.2 Å². The molecule has 0 unspecified atom stereocenters. The molecule has 0 saturated carbocycles. The molecule has 0 aliphatic heterocycles. The van der Waals surface area contributed by atoms with Crippen LogP contribution in [0.25, 0.3) is 22.1 Å². The summed E-state index contributed by atoms with van der Waals surface area (Å²) in [6.07, 6.45) is 3.95. The van der Waals surface area contributed by atoms with Gasteiger partial charge in [0.05, 0.1) is 41.6 Å². The molecular formula is C23H24N8. The molecule has 8 nitrogen and oxygen atoms in total. The second-order valence-corrected chi connectivity index (χ2v) is 7.04. The smallest absolute Gasteiger partial charge is 0.126 e. The number of hydrogen-bond acceptors (Lipinski definition) is 4. The van der Waals surface area contributed by atoms with Gasteiger partial charge in [-0.2, -0.15) is 0 Å². The van der Waals surface area contributed by atoms with E-state index in [4.69, 9.17) is 11.5 Å². The SMILES string of the molecule is C=CCN=C(N)c1ccc2nc(Cc3nc4ccc(C(N)=NCC=C)cc4[nH]3)[nH]c2c1. The average Bonchev–Trinajstić information content (AvgIpc) is 3.37. The first-order valence-corrected chi connectivity index (χ1v) is 9.87. The van der Waals surface area contributed by atoms with Crippen molar-refractivity contribution in [2.45, 2.75) is 6.42 Å². The van der Waals surface area contributed by atoms with Gasteiger partial charge in [-0.3, -0.25) is 9.98 Å². The van der Waals surface area contributed by atoms with E-state index in [1.807, 2.05) is 36.4 Å². The second-order valence-electron chi connectivity index (χ2n) is 7.04. The van der Waals surface area contributed by atoms with E-state index in [1.54, 1.807) is 12.2 Å². The number of amidine groups is 2. The van der Waals surface area contributed by atoms with Crippen molar-refractivity contribution in [3.63, 3.8) is 0 Å². The molecular weight excluding hydrogens is 388 g/mol. The van der Waals surface area contributed by atoms with Crippen molar-refractivity contribution >= 4 is 33.7 Å². The summed E-state index contributed by atoms with van der Waals surface area (Å²) in [6, 6.07) is 11.6. The van der Waals surface area contributed by atoms with Crippen LogP contribution >= 0.6 is 0 Å². The molecule has 6 N–H and O–H groups in total. The first kappa shape index (κ1) is 20.1. The predicted molar refractivity (Wildman–Crippen MR) is 127 cm³/mol. The quantitative estimate of drug-likeness (QED) is 0.201. The number of aromatic amines is 2. The van der Waals surface area contributed by atoms with Crippen molar-refractivity contribution in [1.29, 1.82) is 0 Å². The van der Waals surface area contributed by atoms with E-state index in [1.165, 1.54) is 0 Å². The van der Waals surface area contributed by atoms with Crippen molar-refractivity contribution in [3.8, 4) is 0 Å². The van der Waals surface area contributed by atoms with Gasteiger partial charge >= 0.3 is 0 Å². The number of rotatable bonds is 8. The van der Waals surface area contributed by atoms with Crippen molar-refractivity contribution < 1.29 is 0 Å². The third-order valence-electron chi connectivity index (χ3n) is 4.77. The van der Waals surface area contributed by atoms with E-state index in [-0.39, 0.29) is 0 Å². The summed E-state index contributed by atoms with van der Waals surface area (Å²) in [5.41, 5.74) is 17.3. The van der Waals surface area contributed by atoms with E-state index in [0.29, 0.717) is 31.2 Å². The van der Waals surface area contributed by atoms with Gasteiger partial charge in [-0.25, -0.2) is 9.97 Å². The molecule has 0 spiro atoms. The summed E-state index contributed by atoms with van der Waals surface area (Å²) in [5.74, 6) is 2.56. The van der Waals surface area contributed by atoms with E-state index in [2.05, 4.69) is 43.1 Å². The van der Waals surface area contributed by atoms with E-state index >= 15 is 0 Å². The number of nitrogens with zero attached hydrogens (tertiary/aromatic N) is 4. The summed E-state index contributed by atoms with van der Waals surface area (Å²) in [7, 11) is 0. The summed E-state index contributed by atoms with van der Waals surface area (Å²) >= 11 is 0. The van der Waals surface area contributed by atoms with Crippen LogP contribution in [0.15, 0.2) is 71.7 Å². The maximum absolute atomic E-state index is 6.04. The van der Waals surface area contributed by atoms with Gasteiger partial charge in [0.2, 0.25) is 0 Å². The fraction of sp³-hybridized carbons (Fsp3) is 0.130. The Kier molecular flexibility index (Phi) is 5.61. The molecule has 0 bridgehead atoms. The van der Waals surface area contributed by atoms with Crippen molar-refractivity contribution in [3.05, 3.63) is 84.5 Å². The van der Waals surface area contributed by atoms with E-state index in [0.717, 1.165) is 44.8 Å². The molecule has 0 radical (unpaired) electrons. The third kappa shape index (κ3) is 4.37. The van der Waals surface area contributed by atoms with Crippen LogP contribution in [0.3, 0.4) is 0 Å². The number of hydrogen-bond donors (Lipinski definition) is 4. The number of imidazole rings is 2. The summed E-state index contributed by atoms with van der Waals surface area (Å²) in [6.45, 7) is 8.28. The molecule has 8 heteroatoms. The van der Waals surface area contributed by atoms with Crippen molar-refractivity contribution in [2.75, 3.05) is 13.1 Å². The van der Waals surface area contributed by atoms with Crippen LogP contribution in [0.4, 0.5) is 0 Å². The summed E-state index contributed by atoms with van der Waals surface area (Å²) in [5, 5.41) is 0. The highest BCUT2D eigenvalue weighted by molar-refractivity contribution is 6.00. The zero-order valence-electron chi connectivity index (χ0n) is 17.1. The van der Waals surface area contributed by atoms with Gasteiger partial charge < -0.3 is 21.4 Å². The number of fused-ring (bicyclic) bond motifs is 2. The van der Waals surface area contributed by atoms with Gasteiger partial charge in [0.25, 0.3) is 0 Å². The maximum Gasteiger partial charge on any atom is 0.126 e. The Morgan fingerprint density at radius 2 is 1.26 bits per heavy atom. The molecule has 4 rings (SSSR count). The van der Waals surface area contributed by atoms with E-state index in [9.17, 15) is 0 Å². The number of nitrogens with one attached hydrogen (secondary N) is 2. The summed E-state index contributed by atoms with van der Waals surface area (Å²) in [4.78, 5) is 24.5. The average molecular weight is 413 g/mol. The van der Waals surface area contributed by atoms with Crippen LogP contribution in [0.2, 0.25) is 0 Å². The molecule has 0 aliphatic rings. The highest BCUT2D eigenvalue weighted by Gasteiger charge is 2.10. The Balaban J connectivity index is 1.58. The molecule has 0 aliphatic carbocycles. The Bertz CT molecular complexity index is 1220. The highest BCUT2D eigenvalue weighted by Crippen LogP contribution is 2.18. The number of H-pyrrole nitrogens is 2. The molecule has 2 heterocycles. The van der Waals surface area contributed by atoms with Gasteiger partial charge in [-0.05, 0) is 36.4 Å². The standard InChI is InChI=1S/C23H24N8/c1-3-9-26-22(24)14-5-7-16-18(11-14)30-20(28-16)13-21-29-17-8-6-15(12-19(17)31-21)23(25)27-10-4-2/h3-8,11-12H,1-2,9-10,13H2,(H2,24,26)(H2,25,27)(H,28,30)(H,29,31). The van der Waals surface area contributed by atoms with Crippen molar-refractivity contribution in [1.82, 2.24) is 19.9 Å². The zero-order valence-corrected chi connectivity index (χ0v) is 17.1. The lowest BCUT2D eigenvalue weighted by atomic mass is 10.2. The molecule has 0 atom stereocenters.